The van der Waals surface area contributed by atoms with Gasteiger partial charge in [-0.1, -0.05) is 92.7 Å². The van der Waals surface area contributed by atoms with Crippen molar-refractivity contribution in [3.8, 4) is 45.4 Å². The van der Waals surface area contributed by atoms with Gasteiger partial charge in [-0.15, -0.1) is 0 Å². The standard InChI is InChI=1S/C35H24N4O/c1-35(2)27-19-26-23-15-9-10-16-28(23)40-29(26)20-25(27)24-17-18-36-31(30(24)35)34-38-32(21-11-5-3-6-12-21)37-33(39-34)22-13-7-4-8-14-22/h3-20H,1-2H3. The Balaban J connectivity index is 1.37. The number of pyridine rings is 1. The summed E-state index contributed by atoms with van der Waals surface area (Å²) < 4.78 is 6.26. The van der Waals surface area contributed by atoms with Crippen LogP contribution in [-0.4, -0.2) is 19.9 Å². The smallest absolute Gasteiger partial charge is 0.182 e. The predicted octanol–water partition coefficient (Wildman–Crippen LogP) is 8.47. The van der Waals surface area contributed by atoms with E-state index < -0.39 is 0 Å². The molecule has 0 spiro atoms. The molecule has 0 fully saturated rings. The van der Waals surface area contributed by atoms with Crippen LogP contribution in [-0.2, 0) is 5.41 Å². The van der Waals surface area contributed by atoms with E-state index in [9.17, 15) is 0 Å². The van der Waals surface area contributed by atoms with Gasteiger partial charge in [-0.25, -0.2) is 15.0 Å². The molecule has 5 nitrogen and oxygen atoms in total. The van der Waals surface area contributed by atoms with Crippen LogP contribution in [0.1, 0.15) is 25.0 Å². The Kier molecular flexibility index (Phi) is 4.80. The Morgan fingerprint density at radius 2 is 1.20 bits per heavy atom. The lowest BCUT2D eigenvalue weighted by atomic mass is 9.81. The van der Waals surface area contributed by atoms with Gasteiger partial charge in [0.05, 0.1) is 0 Å². The first-order valence-electron chi connectivity index (χ1n) is 13.4. The van der Waals surface area contributed by atoms with Crippen molar-refractivity contribution in [2.45, 2.75) is 19.3 Å². The van der Waals surface area contributed by atoms with E-state index in [-0.39, 0.29) is 5.41 Å². The Hall–Kier alpha value is -5.16. The minimum absolute atomic E-state index is 0.326. The van der Waals surface area contributed by atoms with E-state index in [0.29, 0.717) is 17.5 Å². The topological polar surface area (TPSA) is 64.7 Å². The van der Waals surface area contributed by atoms with Gasteiger partial charge in [0, 0.05) is 33.5 Å². The lowest BCUT2D eigenvalue weighted by Crippen LogP contribution is -2.17. The van der Waals surface area contributed by atoms with E-state index in [1.165, 1.54) is 5.56 Å². The summed E-state index contributed by atoms with van der Waals surface area (Å²) in [4.78, 5) is 19.7. The number of aromatic nitrogens is 4. The number of para-hydroxylation sites is 1. The Morgan fingerprint density at radius 3 is 1.90 bits per heavy atom. The molecule has 0 N–H and O–H groups in total. The summed E-state index contributed by atoms with van der Waals surface area (Å²) in [7, 11) is 0. The van der Waals surface area contributed by atoms with Gasteiger partial charge < -0.3 is 4.42 Å². The summed E-state index contributed by atoms with van der Waals surface area (Å²) in [6, 6.07) is 34.9. The largest absolute Gasteiger partial charge is 0.456 e. The van der Waals surface area contributed by atoms with Gasteiger partial charge in [0.15, 0.2) is 17.5 Å². The van der Waals surface area contributed by atoms with Crippen LogP contribution in [0.15, 0.2) is 114 Å². The van der Waals surface area contributed by atoms with Gasteiger partial charge in [-0.3, -0.25) is 4.98 Å². The molecule has 4 aromatic carbocycles. The maximum absolute atomic E-state index is 6.26. The quantitative estimate of drug-likeness (QED) is 0.236. The van der Waals surface area contributed by atoms with Crippen LogP contribution in [0.5, 0.6) is 0 Å². The predicted molar refractivity (Wildman–Crippen MR) is 159 cm³/mol. The monoisotopic (exact) mass is 516 g/mol. The summed E-state index contributed by atoms with van der Waals surface area (Å²) >= 11 is 0. The molecule has 3 aromatic heterocycles. The molecule has 5 heteroatoms. The number of hydrogen-bond donors (Lipinski definition) is 0. The first-order valence-corrected chi connectivity index (χ1v) is 13.4. The van der Waals surface area contributed by atoms with Gasteiger partial charge in [-0.2, -0.15) is 0 Å². The molecule has 0 atom stereocenters. The van der Waals surface area contributed by atoms with Crippen LogP contribution in [0.25, 0.3) is 67.4 Å². The molecular formula is C35H24N4O. The average Bonchev–Trinajstić information content (AvgIpc) is 3.48. The normalized spacial score (nSPS) is 13.4. The van der Waals surface area contributed by atoms with Crippen LogP contribution < -0.4 is 0 Å². The molecule has 0 saturated heterocycles. The summed E-state index contributed by atoms with van der Waals surface area (Å²) in [6.07, 6.45) is 1.86. The molecule has 3 heterocycles. The van der Waals surface area contributed by atoms with E-state index >= 15 is 0 Å². The molecule has 40 heavy (non-hydrogen) atoms. The van der Waals surface area contributed by atoms with Crippen LogP contribution in [0.3, 0.4) is 0 Å². The number of furan rings is 1. The zero-order valence-corrected chi connectivity index (χ0v) is 22.1. The van der Waals surface area contributed by atoms with Crippen molar-refractivity contribution in [1.82, 2.24) is 19.9 Å². The zero-order valence-electron chi connectivity index (χ0n) is 22.1. The molecule has 190 valence electrons. The maximum atomic E-state index is 6.26. The second-order valence-corrected chi connectivity index (χ2v) is 10.7. The Labute approximate surface area is 231 Å². The first-order chi connectivity index (χ1) is 19.6. The average molecular weight is 517 g/mol. The van der Waals surface area contributed by atoms with Crippen molar-refractivity contribution < 1.29 is 4.42 Å². The highest BCUT2D eigenvalue weighted by atomic mass is 16.3. The van der Waals surface area contributed by atoms with Crippen molar-refractivity contribution in [2.75, 3.05) is 0 Å². The van der Waals surface area contributed by atoms with Gasteiger partial charge in [0.1, 0.15) is 16.9 Å². The SMILES string of the molecule is CC1(C)c2cc3c(cc2-c2ccnc(-c4nc(-c5ccccc5)nc(-c5ccccc5)n4)c21)oc1ccccc13. The molecule has 8 rings (SSSR count). The van der Waals surface area contributed by atoms with E-state index in [1.54, 1.807) is 0 Å². The molecular weight excluding hydrogens is 492 g/mol. The number of rotatable bonds is 3. The lowest BCUT2D eigenvalue weighted by molar-refractivity contribution is 0.656. The van der Waals surface area contributed by atoms with Crippen molar-refractivity contribution in [2.24, 2.45) is 0 Å². The van der Waals surface area contributed by atoms with Crippen LogP contribution >= 0.6 is 0 Å². The lowest BCUT2D eigenvalue weighted by Gasteiger charge is -2.23. The van der Waals surface area contributed by atoms with E-state index in [4.69, 9.17) is 24.4 Å². The highest BCUT2D eigenvalue weighted by molar-refractivity contribution is 6.07. The first kappa shape index (κ1) is 22.8. The fraction of sp³-hybridized carbons (Fsp3) is 0.0857. The molecule has 0 amide bonds. The van der Waals surface area contributed by atoms with Crippen molar-refractivity contribution in [1.29, 1.82) is 0 Å². The summed E-state index contributed by atoms with van der Waals surface area (Å²) in [5.74, 6) is 1.82. The highest BCUT2D eigenvalue weighted by Gasteiger charge is 2.39. The van der Waals surface area contributed by atoms with Crippen molar-refractivity contribution in [3.63, 3.8) is 0 Å². The van der Waals surface area contributed by atoms with E-state index in [2.05, 4.69) is 44.2 Å². The minimum atomic E-state index is -0.326. The molecule has 1 aliphatic carbocycles. The highest BCUT2D eigenvalue weighted by Crippen LogP contribution is 2.53. The number of hydrogen-bond acceptors (Lipinski definition) is 5. The van der Waals surface area contributed by atoms with Crippen LogP contribution in [0, 0.1) is 0 Å². The van der Waals surface area contributed by atoms with Crippen molar-refractivity contribution >= 4 is 21.9 Å². The third-order valence-electron chi connectivity index (χ3n) is 7.97. The fourth-order valence-electron chi connectivity index (χ4n) is 6.05. The third kappa shape index (κ3) is 3.34. The number of nitrogens with zero attached hydrogens (tertiary/aromatic N) is 4. The third-order valence-corrected chi connectivity index (χ3v) is 7.97. The van der Waals surface area contributed by atoms with E-state index in [0.717, 1.165) is 55.4 Å². The zero-order chi connectivity index (χ0) is 26.8. The summed E-state index contributed by atoms with van der Waals surface area (Å²) in [5.41, 5.74) is 8.77. The second-order valence-electron chi connectivity index (χ2n) is 10.7. The molecule has 7 aromatic rings. The molecule has 0 bridgehead atoms. The summed E-state index contributed by atoms with van der Waals surface area (Å²) in [5, 5.41) is 2.26. The van der Waals surface area contributed by atoms with Gasteiger partial charge in [0.25, 0.3) is 0 Å². The molecule has 0 radical (unpaired) electrons. The maximum Gasteiger partial charge on any atom is 0.182 e. The van der Waals surface area contributed by atoms with Gasteiger partial charge in [0.2, 0.25) is 0 Å². The molecule has 0 aliphatic heterocycles. The van der Waals surface area contributed by atoms with Crippen LogP contribution in [0.4, 0.5) is 0 Å². The number of benzene rings is 4. The molecule has 0 saturated carbocycles. The van der Waals surface area contributed by atoms with Gasteiger partial charge >= 0.3 is 0 Å². The second kappa shape index (κ2) is 8.42. The fourth-order valence-corrected chi connectivity index (χ4v) is 6.05. The number of fused-ring (bicyclic) bond motifs is 6. The van der Waals surface area contributed by atoms with Crippen LogP contribution in [0.2, 0.25) is 0 Å². The summed E-state index contributed by atoms with van der Waals surface area (Å²) in [6.45, 7) is 4.52. The minimum Gasteiger partial charge on any atom is -0.456 e. The Bertz CT molecular complexity index is 2020. The van der Waals surface area contributed by atoms with Gasteiger partial charge in [-0.05, 0) is 46.5 Å². The molecule has 0 unspecified atom stereocenters. The van der Waals surface area contributed by atoms with E-state index in [1.807, 2.05) is 79.0 Å². The Morgan fingerprint density at radius 1 is 0.575 bits per heavy atom. The molecule has 1 aliphatic rings. The van der Waals surface area contributed by atoms with Crippen molar-refractivity contribution in [3.05, 3.63) is 120 Å².